The van der Waals surface area contributed by atoms with Crippen molar-refractivity contribution in [3.05, 3.63) is 23.2 Å². The summed E-state index contributed by atoms with van der Waals surface area (Å²) in [6, 6.07) is 5.12. The number of nitrogen functional groups attached to an aromatic ring is 1. The van der Waals surface area contributed by atoms with E-state index in [1.807, 2.05) is 0 Å². The highest BCUT2D eigenvalue weighted by molar-refractivity contribution is 8.13. The van der Waals surface area contributed by atoms with Gasteiger partial charge < -0.3 is 10.6 Å². The van der Waals surface area contributed by atoms with Gasteiger partial charge in [0.2, 0.25) is 5.91 Å². The van der Waals surface area contributed by atoms with E-state index in [0.29, 0.717) is 35.1 Å². The van der Waals surface area contributed by atoms with E-state index in [0.717, 1.165) is 0 Å². The summed E-state index contributed by atoms with van der Waals surface area (Å²) < 4.78 is 0. The van der Waals surface area contributed by atoms with Gasteiger partial charge in [-0.05, 0) is 24.1 Å². The molecule has 19 heavy (non-hydrogen) atoms. The van der Waals surface area contributed by atoms with Crippen molar-refractivity contribution in [2.24, 2.45) is 5.92 Å². The normalized spacial score (nSPS) is 18.9. The number of amides is 1. The first kappa shape index (κ1) is 14.2. The number of benzene rings is 1. The molecule has 0 bridgehead atoms. The lowest BCUT2D eigenvalue weighted by molar-refractivity contribution is -0.117. The molecular weight excluding hydrogens is 284 g/mol. The fourth-order valence-electron chi connectivity index (χ4n) is 2.13. The van der Waals surface area contributed by atoms with Crippen LogP contribution in [-0.4, -0.2) is 23.3 Å². The number of hydrogen-bond acceptors (Lipinski definition) is 4. The van der Waals surface area contributed by atoms with Crippen LogP contribution in [0.1, 0.15) is 13.3 Å². The minimum Gasteiger partial charge on any atom is -0.397 e. The molecule has 1 fully saturated rings. The second-order valence-electron chi connectivity index (χ2n) is 4.58. The molecule has 0 spiro atoms. The number of carbonyl (C=O) groups excluding carboxylic acids is 2. The largest absolute Gasteiger partial charge is 0.397 e. The molecule has 0 aliphatic carbocycles. The summed E-state index contributed by atoms with van der Waals surface area (Å²) in [5.41, 5.74) is 7.09. The molecule has 0 aromatic heterocycles. The molecule has 1 amide bonds. The van der Waals surface area contributed by atoms with Crippen LogP contribution >= 0.6 is 23.4 Å². The first-order valence-corrected chi connectivity index (χ1v) is 7.32. The monoisotopic (exact) mass is 298 g/mol. The van der Waals surface area contributed by atoms with Gasteiger partial charge in [-0.1, -0.05) is 23.4 Å². The number of halogens is 1. The Hall–Kier alpha value is -1.20. The van der Waals surface area contributed by atoms with E-state index >= 15 is 0 Å². The molecule has 6 heteroatoms. The van der Waals surface area contributed by atoms with Gasteiger partial charge in [-0.3, -0.25) is 9.59 Å². The zero-order valence-electron chi connectivity index (χ0n) is 10.6. The maximum absolute atomic E-state index is 12.0. The second kappa shape index (κ2) is 5.84. The number of carbonyl (C=O) groups is 2. The van der Waals surface area contributed by atoms with Crippen LogP contribution in [0.4, 0.5) is 11.4 Å². The van der Waals surface area contributed by atoms with Crippen molar-refractivity contribution >= 4 is 45.8 Å². The number of thioether (sulfide) groups is 1. The number of hydrogen-bond donors (Lipinski definition) is 1. The third kappa shape index (κ3) is 3.42. The molecule has 2 N–H and O–H groups in total. The third-order valence-electron chi connectivity index (χ3n) is 3.01. The summed E-state index contributed by atoms with van der Waals surface area (Å²) in [6.07, 6.45) is 0.461. The molecule has 102 valence electrons. The fourth-order valence-corrected chi connectivity index (χ4v) is 3.01. The highest BCUT2D eigenvalue weighted by Gasteiger charge is 2.31. The smallest absolute Gasteiger partial charge is 0.227 e. The Balaban J connectivity index is 2.09. The average Bonchev–Trinajstić information content (AvgIpc) is 2.68. The summed E-state index contributed by atoms with van der Waals surface area (Å²) >= 11 is 7.11. The van der Waals surface area contributed by atoms with E-state index in [-0.39, 0.29) is 16.9 Å². The summed E-state index contributed by atoms with van der Waals surface area (Å²) in [6.45, 7) is 2.14. The van der Waals surface area contributed by atoms with Gasteiger partial charge in [0.1, 0.15) is 0 Å². The highest BCUT2D eigenvalue weighted by atomic mass is 35.5. The van der Waals surface area contributed by atoms with Crippen LogP contribution < -0.4 is 10.6 Å². The summed E-state index contributed by atoms with van der Waals surface area (Å²) in [4.78, 5) is 24.6. The molecule has 4 nitrogen and oxygen atoms in total. The minimum absolute atomic E-state index is 0.0446. The molecule has 2 rings (SSSR count). The van der Waals surface area contributed by atoms with Gasteiger partial charge in [-0.25, -0.2) is 0 Å². The molecule has 1 aromatic carbocycles. The van der Waals surface area contributed by atoms with Gasteiger partial charge in [0, 0.05) is 30.7 Å². The maximum Gasteiger partial charge on any atom is 0.227 e. The maximum atomic E-state index is 12.0. The molecule has 1 aliphatic heterocycles. The zero-order chi connectivity index (χ0) is 14.0. The Morgan fingerprint density at radius 2 is 2.32 bits per heavy atom. The SMILES string of the molecule is CC(=O)SCC1CC(=O)N(c2ccc(Cl)cc2N)C1. The Morgan fingerprint density at radius 3 is 2.95 bits per heavy atom. The average molecular weight is 299 g/mol. The molecule has 1 saturated heterocycles. The minimum atomic E-state index is 0.0446. The van der Waals surface area contributed by atoms with Crippen LogP contribution in [0.3, 0.4) is 0 Å². The summed E-state index contributed by atoms with van der Waals surface area (Å²) in [5, 5.41) is 0.633. The van der Waals surface area contributed by atoms with Crippen LogP contribution in [0.5, 0.6) is 0 Å². The zero-order valence-corrected chi connectivity index (χ0v) is 12.1. The number of nitrogens with two attached hydrogens (primary N) is 1. The predicted molar refractivity (Wildman–Crippen MR) is 79.5 cm³/mol. The van der Waals surface area contributed by atoms with Crippen molar-refractivity contribution < 1.29 is 9.59 Å². The van der Waals surface area contributed by atoms with Crippen LogP contribution in [0.15, 0.2) is 18.2 Å². The van der Waals surface area contributed by atoms with E-state index in [4.69, 9.17) is 17.3 Å². The standard InChI is InChI=1S/C13H15ClN2O2S/c1-8(17)19-7-9-4-13(18)16(6-9)12-3-2-10(14)5-11(12)15/h2-3,5,9H,4,6-7,15H2,1H3. The first-order chi connectivity index (χ1) is 8.97. The molecule has 1 unspecified atom stereocenters. The van der Waals surface area contributed by atoms with Gasteiger partial charge in [-0.2, -0.15) is 0 Å². The molecule has 1 aromatic rings. The molecule has 1 atom stereocenters. The van der Waals surface area contributed by atoms with Gasteiger partial charge >= 0.3 is 0 Å². The van der Waals surface area contributed by atoms with Crippen LogP contribution in [0, 0.1) is 5.92 Å². The van der Waals surface area contributed by atoms with E-state index in [2.05, 4.69) is 0 Å². The van der Waals surface area contributed by atoms with E-state index in [9.17, 15) is 9.59 Å². The number of rotatable bonds is 3. The molecule has 0 radical (unpaired) electrons. The van der Waals surface area contributed by atoms with Gasteiger partial charge in [0.25, 0.3) is 0 Å². The Morgan fingerprint density at radius 1 is 1.58 bits per heavy atom. The number of anilines is 2. The molecule has 1 aliphatic rings. The topological polar surface area (TPSA) is 63.4 Å². The predicted octanol–water partition coefficient (Wildman–Crippen LogP) is 2.55. The lowest BCUT2D eigenvalue weighted by atomic mass is 10.1. The van der Waals surface area contributed by atoms with Crippen LogP contribution in [-0.2, 0) is 9.59 Å². The first-order valence-electron chi connectivity index (χ1n) is 5.96. The highest BCUT2D eigenvalue weighted by Crippen LogP contribution is 2.32. The van der Waals surface area contributed by atoms with Crippen molar-refractivity contribution in [3.63, 3.8) is 0 Å². The van der Waals surface area contributed by atoms with Crippen molar-refractivity contribution in [1.82, 2.24) is 0 Å². The Labute approximate surface area is 121 Å². The van der Waals surface area contributed by atoms with E-state index in [1.165, 1.54) is 18.7 Å². The van der Waals surface area contributed by atoms with Gasteiger partial charge in [0.15, 0.2) is 5.12 Å². The van der Waals surface area contributed by atoms with Crippen molar-refractivity contribution in [3.8, 4) is 0 Å². The molecule has 1 heterocycles. The Bertz CT molecular complexity index is 521. The summed E-state index contributed by atoms with van der Waals surface area (Å²) in [5.74, 6) is 0.907. The fraction of sp³-hybridized carbons (Fsp3) is 0.385. The Kier molecular flexibility index (Phi) is 4.37. The summed E-state index contributed by atoms with van der Waals surface area (Å²) in [7, 11) is 0. The third-order valence-corrected chi connectivity index (χ3v) is 4.29. The van der Waals surface area contributed by atoms with Crippen molar-refractivity contribution in [2.45, 2.75) is 13.3 Å². The van der Waals surface area contributed by atoms with Gasteiger partial charge in [0.05, 0.1) is 11.4 Å². The van der Waals surface area contributed by atoms with Gasteiger partial charge in [-0.15, -0.1) is 0 Å². The van der Waals surface area contributed by atoms with E-state index < -0.39 is 0 Å². The lowest BCUT2D eigenvalue weighted by Gasteiger charge is -2.18. The number of nitrogens with zero attached hydrogens (tertiary/aromatic N) is 1. The molecule has 0 saturated carbocycles. The second-order valence-corrected chi connectivity index (χ2v) is 6.21. The molecular formula is C13H15ClN2O2S. The van der Waals surface area contributed by atoms with Crippen molar-refractivity contribution in [1.29, 1.82) is 0 Å². The van der Waals surface area contributed by atoms with Crippen LogP contribution in [0.25, 0.3) is 0 Å². The van der Waals surface area contributed by atoms with Crippen molar-refractivity contribution in [2.75, 3.05) is 22.9 Å². The quantitative estimate of drug-likeness (QED) is 0.871. The van der Waals surface area contributed by atoms with E-state index in [1.54, 1.807) is 23.1 Å². The lowest BCUT2D eigenvalue weighted by Crippen LogP contribution is -2.25. The van der Waals surface area contributed by atoms with Crippen LogP contribution in [0.2, 0.25) is 5.02 Å².